The molecule has 0 spiro atoms. The first-order valence-electron chi connectivity index (χ1n) is 6.20. The van der Waals surface area contributed by atoms with Gasteiger partial charge in [-0.15, -0.1) is 0 Å². The fraction of sp³-hybridized carbons (Fsp3) is 0.571. The minimum Gasteiger partial charge on any atom is -0.497 e. The highest BCUT2D eigenvalue weighted by Crippen LogP contribution is 2.23. The number of anilines is 1. The van der Waals surface area contributed by atoms with Gasteiger partial charge in [0.05, 0.1) is 13.7 Å². The number of likely N-dealkylation sites (N-methyl/N-ethyl adjacent to an activating group) is 1. The lowest BCUT2D eigenvalue weighted by Crippen LogP contribution is -2.44. The van der Waals surface area contributed by atoms with Crippen LogP contribution in [0.1, 0.15) is 6.92 Å². The predicted octanol–water partition coefficient (Wildman–Crippen LogP) is 1.74. The summed E-state index contributed by atoms with van der Waals surface area (Å²) in [6.07, 6.45) is 0. The van der Waals surface area contributed by atoms with Crippen LogP contribution in [0.4, 0.5) is 5.69 Å². The molecule has 1 aromatic carbocycles. The SMILES string of the molecule is COCC(C)C(CN)N(C)c1cccc(OC)c1. The molecule has 2 atom stereocenters. The van der Waals surface area contributed by atoms with Gasteiger partial charge in [-0.25, -0.2) is 0 Å². The van der Waals surface area contributed by atoms with Crippen LogP contribution in [-0.2, 0) is 4.74 Å². The topological polar surface area (TPSA) is 47.7 Å². The molecule has 0 amide bonds. The van der Waals surface area contributed by atoms with Crippen LogP contribution in [0, 0.1) is 5.92 Å². The number of rotatable bonds is 7. The molecule has 2 N–H and O–H groups in total. The van der Waals surface area contributed by atoms with Gasteiger partial charge in [0.15, 0.2) is 0 Å². The molecular formula is C14H24N2O2. The van der Waals surface area contributed by atoms with Crippen LogP contribution >= 0.6 is 0 Å². The quantitative estimate of drug-likeness (QED) is 0.803. The number of benzene rings is 1. The molecule has 0 radical (unpaired) electrons. The third kappa shape index (κ3) is 3.62. The largest absolute Gasteiger partial charge is 0.497 e. The van der Waals surface area contributed by atoms with E-state index in [0.29, 0.717) is 19.1 Å². The Hall–Kier alpha value is -1.26. The summed E-state index contributed by atoms with van der Waals surface area (Å²) in [5, 5.41) is 0. The van der Waals surface area contributed by atoms with E-state index in [2.05, 4.69) is 24.9 Å². The molecule has 0 aromatic heterocycles. The second-order valence-corrected chi connectivity index (χ2v) is 4.55. The van der Waals surface area contributed by atoms with E-state index in [1.54, 1.807) is 14.2 Å². The van der Waals surface area contributed by atoms with Crippen molar-refractivity contribution in [3.63, 3.8) is 0 Å². The molecule has 0 saturated heterocycles. The van der Waals surface area contributed by atoms with Crippen molar-refractivity contribution in [2.75, 3.05) is 39.3 Å². The van der Waals surface area contributed by atoms with Gasteiger partial charge >= 0.3 is 0 Å². The van der Waals surface area contributed by atoms with Crippen molar-refractivity contribution in [1.82, 2.24) is 0 Å². The molecule has 0 aliphatic rings. The van der Waals surface area contributed by atoms with Crippen molar-refractivity contribution >= 4 is 5.69 Å². The summed E-state index contributed by atoms with van der Waals surface area (Å²) in [5.41, 5.74) is 6.99. The molecule has 0 aliphatic heterocycles. The summed E-state index contributed by atoms with van der Waals surface area (Å²) in [6, 6.07) is 8.25. The number of nitrogens with zero attached hydrogens (tertiary/aromatic N) is 1. The van der Waals surface area contributed by atoms with Crippen molar-refractivity contribution in [2.24, 2.45) is 11.7 Å². The van der Waals surface area contributed by atoms with E-state index in [-0.39, 0.29) is 6.04 Å². The second-order valence-electron chi connectivity index (χ2n) is 4.55. The number of hydrogen-bond acceptors (Lipinski definition) is 4. The molecule has 4 heteroatoms. The Morgan fingerprint density at radius 3 is 2.61 bits per heavy atom. The van der Waals surface area contributed by atoms with Gasteiger partial charge in [-0.1, -0.05) is 13.0 Å². The molecule has 0 saturated carbocycles. The van der Waals surface area contributed by atoms with E-state index in [1.165, 1.54) is 0 Å². The minimum absolute atomic E-state index is 0.247. The lowest BCUT2D eigenvalue weighted by Gasteiger charge is -2.33. The summed E-state index contributed by atoms with van der Waals surface area (Å²) in [5.74, 6) is 1.23. The molecule has 0 bridgehead atoms. The van der Waals surface area contributed by atoms with Crippen molar-refractivity contribution in [3.05, 3.63) is 24.3 Å². The van der Waals surface area contributed by atoms with Crippen LogP contribution in [0.3, 0.4) is 0 Å². The maximum absolute atomic E-state index is 5.88. The van der Waals surface area contributed by atoms with Gasteiger partial charge in [-0.2, -0.15) is 0 Å². The third-order valence-corrected chi connectivity index (χ3v) is 3.29. The van der Waals surface area contributed by atoms with Crippen molar-refractivity contribution < 1.29 is 9.47 Å². The lowest BCUT2D eigenvalue weighted by molar-refractivity contribution is 0.147. The summed E-state index contributed by atoms with van der Waals surface area (Å²) < 4.78 is 10.5. The monoisotopic (exact) mass is 252 g/mol. The van der Waals surface area contributed by atoms with Gasteiger partial charge in [0, 0.05) is 44.4 Å². The van der Waals surface area contributed by atoms with Crippen LogP contribution in [0.2, 0.25) is 0 Å². The fourth-order valence-electron chi connectivity index (χ4n) is 2.17. The maximum Gasteiger partial charge on any atom is 0.120 e. The third-order valence-electron chi connectivity index (χ3n) is 3.29. The van der Waals surface area contributed by atoms with E-state index in [4.69, 9.17) is 15.2 Å². The Balaban J connectivity index is 2.84. The Morgan fingerprint density at radius 1 is 1.33 bits per heavy atom. The summed E-state index contributed by atoms with van der Waals surface area (Å²) in [7, 11) is 5.45. The number of hydrogen-bond donors (Lipinski definition) is 1. The van der Waals surface area contributed by atoms with E-state index in [0.717, 1.165) is 11.4 Å². The summed E-state index contributed by atoms with van der Waals surface area (Å²) >= 11 is 0. The first kappa shape index (κ1) is 14.8. The molecule has 102 valence electrons. The van der Waals surface area contributed by atoms with Crippen LogP contribution in [0.15, 0.2) is 24.3 Å². The molecule has 1 rings (SSSR count). The summed E-state index contributed by atoms with van der Waals surface area (Å²) in [6.45, 7) is 3.45. The highest BCUT2D eigenvalue weighted by molar-refractivity contribution is 5.51. The first-order chi connectivity index (χ1) is 8.63. The van der Waals surface area contributed by atoms with Gasteiger partial charge < -0.3 is 20.1 Å². The van der Waals surface area contributed by atoms with Crippen LogP contribution in [-0.4, -0.2) is 40.5 Å². The number of ether oxygens (including phenoxy) is 2. The Morgan fingerprint density at radius 2 is 2.06 bits per heavy atom. The van der Waals surface area contributed by atoms with Crippen molar-refractivity contribution in [1.29, 1.82) is 0 Å². The van der Waals surface area contributed by atoms with Crippen LogP contribution < -0.4 is 15.4 Å². The standard InChI is InChI=1S/C14H24N2O2/c1-11(10-17-3)14(9-15)16(2)12-6-5-7-13(8-12)18-4/h5-8,11,14H,9-10,15H2,1-4H3. The first-order valence-corrected chi connectivity index (χ1v) is 6.20. The Bertz CT molecular complexity index is 357. The molecule has 4 nitrogen and oxygen atoms in total. The highest BCUT2D eigenvalue weighted by Gasteiger charge is 2.21. The maximum atomic E-state index is 5.88. The Labute approximate surface area is 110 Å². The lowest BCUT2D eigenvalue weighted by atomic mass is 10.0. The molecule has 0 heterocycles. The molecular weight excluding hydrogens is 228 g/mol. The normalized spacial score (nSPS) is 14.1. The Kier molecular flexibility index (Phi) is 5.95. The second kappa shape index (κ2) is 7.24. The zero-order chi connectivity index (χ0) is 13.5. The van der Waals surface area contributed by atoms with Crippen LogP contribution in [0.5, 0.6) is 5.75 Å². The number of nitrogens with two attached hydrogens (primary N) is 1. The van der Waals surface area contributed by atoms with Gasteiger partial charge in [0.25, 0.3) is 0 Å². The van der Waals surface area contributed by atoms with Gasteiger partial charge in [0.2, 0.25) is 0 Å². The van der Waals surface area contributed by atoms with E-state index >= 15 is 0 Å². The van der Waals surface area contributed by atoms with Gasteiger partial charge in [-0.3, -0.25) is 0 Å². The van der Waals surface area contributed by atoms with Gasteiger partial charge in [0.1, 0.15) is 5.75 Å². The van der Waals surface area contributed by atoms with E-state index in [1.807, 2.05) is 18.2 Å². The van der Waals surface area contributed by atoms with Crippen LogP contribution in [0.25, 0.3) is 0 Å². The molecule has 18 heavy (non-hydrogen) atoms. The molecule has 0 fully saturated rings. The van der Waals surface area contributed by atoms with Crippen molar-refractivity contribution in [3.8, 4) is 5.75 Å². The highest BCUT2D eigenvalue weighted by atomic mass is 16.5. The number of methoxy groups -OCH3 is 2. The summed E-state index contributed by atoms with van der Waals surface area (Å²) in [4.78, 5) is 2.19. The average Bonchev–Trinajstić information content (AvgIpc) is 2.40. The fourth-order valence-corrected chi connectivity index (χ4v) is 2.17. The van der Waals surface area contributed by atoms with E-state index < -0.39 is 0 Å². The zero-order valence-electron chi connectivity index (χ0n) is 11.7. The van der Waals surface area contributed by atoms with E-state index in [9.17, 15) is 0 Å². The predicted molar refractivity (Wildman–Crippen MR) is 75.3 cm³/mol. The zero-order valence-corrected chi connectivity index (χ0v) is 11.7. The van der Waals surface area contributed by atoms with Gasteiger partial charge in [-0.05, 0) is 12.1 Å². The minimum atomic E-state index is 0.247. The smallest absolute Gasteiger partial charge is 0.120 e. The molecule has 1 aromatic rings. The molecule has 2 unspecified atom stereocenters. The molecule has 0 aliphatic carbocycles. The average molecular weight is 252 g/mol. The van der Waals surface area contributed by atoms with Crippen molar-refractivity contribution in [2.45, 2.75) is 13.0 Å².